The predicted molar refractivity (Wildman–Crippen MR) is 51.6 cm³/mol. The summed E-state index contributed by atoms with van der Waals surface area (Å²) in [5, 5.41) is 0.525. The first kappa shape index (κ1) is 8.94. The Hall–Kier alpha value is -1.15. The van der Waals surface area contributed by atoms with Crippen molar-refractivity contribution in [1.29, 1.82) is 0 Å². The van der Waals surface area contributed by atoms with Crippen LogP contribution in [-0.2, 0) is 0 Å². The molecule has 2 N–H and O–H groups in total. The zero-order valence-electron chi connectivity index (χ0n) is 6.59. The van der Waals surface area contributed by atoms with Crippen LogP contribution in [0.3, 0.4) is 0 Å². The normalized spacial score (nSPS) is 9.42. The van der Waals surface area contributed by atoms with Gasteiger partial charge in [-0.2, -0.15) is 0 Å². The number of rotatable bonds is 3. The standard InChI is InChI=1S/C9H10ClNO/c1-2-6-12-9-7(10)4-3-5-8(9)11/h2-5H,1,6,11H2. The molecule has 1 aromatic carbocycles. The van der Waals surface area contributed by atoms with E-state index in [0.717, 1.165) is 0 Å². The molecule has 0 saturated heterocycles. The third-order valence-corrected chi connectivity index (χ3v) is 1.64. The van der Waals surface area contributed by atoms with Crippen molar-refractivity contribution in [2.45, 2.75) is 0 Å². The number of nitrogens with two attached hydrogens (primary N) is 1. The van der Waals surface area contributed by atoms with E-state index in [0.29, 0.717) is 23.1 Å². The molecule has 12 heavy (non-hydrogen) atoms. The van der Waals surface area contributed by atoms with Crippen LogP contribution in [0, 0.1) is 0 Å². The maximum absolute atomic E-state index is 5.83. The fourth-order valence-corrected chi connectivity index (χ4v) is 1.06. The van der Waals surface area contributed by atoms with Crippen molar-refractivity contribution >= 4 is 17.3 Å². The minimum absolute atomic E-state index is 0.411. The lowest BCUT2D eigenvalue weighted by atomic mass is 10.3. The molecule has 0 radical (unpaired) electrons. The molecule has 0 unspecified atom stereocenters. The van der Waals surface area contributed by atoms with E-state index in [1.165, 1.54) is 0 Å². The van der Waals surface area contributed by atoms with Crippen molar-refractivity contribution in [3.63, 3.8) is 0 Å². The lowest BCUT2D eigenvalue weighted by Gasteiger charge is -2.07. The Bertz CT molecular complexity index is 266. The number of nitrogen functional groups attached to an aromatic ring is 1. The van der Waals surface area contributed by atoms with Crippen molar-refractivity contribution in [1.82, 2.24) is 0 Å². The van der Waals surface area contributed by atoms with Crippen LogP contribution >= 0.6 is 11.6 Å². The maximum Gasteiger partial charge on any atom is 0.161 e. The van der Waals surface area contributed by atoms with Crippen molar-refractivity contribution < 1.29 is 4.74 Å². The summed E-state index contributed by atoms with van der Waals surface area (Å²) in [7, 11) is 0. The summed E-state index contributed by atoms with van der Waals surface area (Å²) < 4.78 is 5.24. The van der Waals surface area contributed by atoms with Gasteiger partial charge in [-0.15, -0.1) is 0 Å². The van der Waals surface area contributed by atoms with E-state index in [-0.39, 0.29) is 0 Å². The number of ether oxygens (including phenoxy) is 1. The molecule has 0 heterocycles. The van der Waals surface area contributed by atoms with E-state index >= 15 is 0 Å². The molecule has 0 fully saturated rings. The van der Waals surface area contributed by atoms with Crippen molar-refractivity contribution in [3.8, 4) is 5.75 Å². The summed E-state index contributed by atoms with van der Waals surface area (Å²) in [5.41, 5.74) is 6.16. The predicted octanol–water partition coefficient (Wildman–Crippen LogP) is 2.49. The third-order valence-electron chi connectivity index (χ3n) is 1.34. The fourth-order valence-electron chi connectivity index (χ4n) is 0.820. The molecule has 0 aliphatic rings. The van der Waals surface area contributed by atoms with Crippen molar-refractivity contribution in [3.05, 3.63) is 35.9 Å². The van der Waals surface area contributed by atoms with Crippen LogP contribution in [0.4, 0.5) is 5.69 Å². The van der Waals surface area contributed by atoms with Crippen molar-refractivity contribution in [2.24, 2.45) is 0 Å². The first-order chi connectivity index (χ1) is 5.75. The summed E-state index contributed by atoms with van der Waals surface area (Å²) in [6.45, 7) is 3.94. The highest BCUT2D eigenvalue weighted by Gasteiger charge is 2.03. The second-order valence-electron chi connectivity index (χ2n) is 2.26. The zero-order chi connectivity index (χ0) is 8.97. The van der Waals surface area contributed by atoms with Gasteiger partial charge in [-0.05, 0) is 12.1 Å². The average Bonchev–Trinajstić information content (AvgIpc) is 2.04. The number of halogens is 1. The van der Waals surface area contributed by atoms with Crippen LogP contribution in [0.5, 0.6) is 5.75 Å². The van der Waals surface area contributed by atoms with Crippen molar-refractivity contribution in [2.75, 3.05) is 12.3 Å². The quantitative estimate of drug-likeness (QED) is 0.577. The van der Waals surface area contributed by atoms with E-state index in [1.807, 2.05) is 0 Å². The van der Waals surface area contributed by atoms with Gasteiger partial charge in [0.05, 0.1) is 10.7 Å². The molecule has 3 heteroatoms. The minimum atomic E-state index is 0.411. The Morgan fingerprint density at radius 3 is 2.92 bits per heavy atom. The van der Waals surface area contributed by atoms with Gasteiger partial charge in [0.1, 0.15) is 6.61 Å². The molecule has 0 spiro atoms. The second-order valence-corrected chi connectivity index (χ2v) is 2.67. The van der Waals surface area contributed by atoms with E-state index in [1.54, 1.807) is 24.3 Å². The largest absolute Gasteiger partial charge is 0.486 e. The van der Waals surface area contributed by atoms with Gasteiger partial charge in [0.2, 0.25) is 0 Å². The number of hydrogen-bond acceptors (Lipinski definition) is 2. The Morgan fingerprint density at radius 2 is 2.33 bits per heavy atom. The Labute approximate surface area is 76.6 Å². The van der Waals surface area contributed by atoms with Crippen LogP contribution in [0.25, 0.3) is 0 Å². The Kier molecular flexibility index (Phi) is 3.00. The molecular formula is C9H10ClNO. The van der Waals surface area contributed by atoms with Crippen LogP contribution in [0.15, 0.2) is 30.9 Å². The van der Waals surface area contributed by atoms with Gasteiger partial charge in [-0.3, -0.25) is 0 Å². The van der Waals surface area contributed by atoms with Crippen LogP contribution in [-0.4, -0.2) is 6.61 Å². The number of para-hydroxylation sites is 1. The van der Waals surface area contributed by atoms with Gasteiger partial charge in [0.25, 0.3) is 0 Å². The molecule has 0 atom stereocenters. The number of benzene rings is 1. The van der Waals surface area contributed by atoms with Gasteiger partial charge in [0.15, 0.2) is 5.75 Å². The molecule has 1 rings (SSSR count). The molecule has 0 aromatic heterocycles. The van der Waals surface area contributed by atoms with Gasteiger partial charge >= 0.3 is 0 Å². The highest BCUT2D eigenvalue weighted by atomic mass is 35.5. The zero-order valence-corrected chi connectivity index (χ0v) is 7.34. The number of anilines is 1. The molecule has 64 valence electrons. The lowest BCUT2D eigenvalue weighted by molar-refractivity contribution is 0.365. The Morgan fingerprint density at radius 1 is 1.58 bits per heavy atom. The fraction of sp³-hybridized carbons (Fsp3) is 0.111. The van der Waals surface area contributed by atoms with Gasteiger partial charge in [-0.1, -0.05) is 30.3 Å². The second kappa shape index (κ2) is 4.02. The lowest BCUT2D eigenvalue weighted by Crippen LogP contribution is -1.97. The van der Waals surface area contributed by atoms with Crippen LogP contribution < -0.4 is 10.5 Å². The summed E-state index contributed by atoms with van der Waals surface area (Å²) in [6, 6.07) is 5.25. The van der Waals surface area contributed by atoms with Crippen LogP contribution in [0.2, 0.25) is 5.02 Å². The van der Waals surface area contributed by atoms with E-state index in [9.17, 15) is 0 Å². The van der Waals surface area contributed by atoms with Gasteiger partial charge in [0, 0.05) is 0 Å². The first-order valence-corrected chi connectivity index (χ1v) is 3.91. The Balaban J connectivity index is 2.88. The van der Waals surface area contributed by atoms with Gasteiger partial charge < -0.3 is 10.5 Å². The molecular weight excluding hydrogens is 174 g/mol. The highest BCUT2D eigenvalue weighted by Crippen LogP contribution is 2.30. The topological polar surface area (TPSA) is 35.2 Å². The monoisotopic (exact) mass is 183 g/mol. The molecule has 0 aliphatic carbocycles. The van der Waals surface area contributed by atoms with E-state index in [4.69, 9.17) is 22.1 Å². The minimum Gasteiger partial charge on any atom is -0.486 e. The summed E-state index contributed by atoms with van der Waals surface area (Å²) in [4.78, 5) is 0. The highest BCUT2D eigenvalue weighted by molar-refractivity contribution is 6.32. The SMILES string of the molecule is C=CCOc1c(N)cccc1Cl. The smallest absolute Gasteiger partial charge is 0.161 e. The molecule has 1 aromatic rings. The summed E-state index contributed by atoms with van der Waals surface area (Å²) >= 11 is 5.83. The van der Waals surface area contributed by atoms with Crippen LogP contribution in [0.1, 0.15) is 0 Å². The summed E-state index contributed by atoms with van der Waals surface area (Å²) in [6.07, 6.45) is 1.64. The number of hydrogen-bond donors (Lipinski definition) is 1. The molecule has 2 nitrogen and oxygen atoms in total. The molecule has 0 saturated carbocycles. The van der Waals surface area contributed by atoms with E-state index < -0.39 is 0 Å². The molecule has 0 bridgehead atoms. The van der Waals surface area contributed by atoms with Gasteiger partial charge in [-0.25, -0.2) is 0 Å². The molecule has 0 amide bonds. The summed E-state index contributed by atoms with van der Waals surface area (Å²) in [5.74, 6) is 0.527. The average molecular weight is 184 g/mol. The maximum atomic E-state index is 5.83. The molecule has 0 aliphatic heterocycles. The van der Waals surface area contributed by atoms with E-state index in [2.05, 4.69) is 6.58 Å². The first-order valence-electron chi connectivity index (χ1n) is 3.53. The third kappa shape index (κ3) is 1.92.